The lowest BCUT2D eigenvalue weighted by molar-refractivity contribution is 0.398. The summed E-state index contributed by atoms with van der Waals surface area (Å²) >= 11 is 0. The highest BCUT2D eigenvalue weighted by molar-refractivity contribution is 5.37. The van der Waals surface area contributed by atoms with Crippen molar-refractivity contribution < 1.29 is 0 Å². The summed E-state index contributed by atoms with van der Waals surface area (Å²) in [7, 11) is 2.12. The molecule has 4 nitrogen and oxygen atoms in total. The van der Waals surface area contributed by atoms with Crippen LogP contribution in [0.15, 0.2) is 12.4 Å². The summed E-state index contributed by atoms with van der Waals surface area (Å²) in [5.41, 5.74) is 1.02. The average Bonchev–Trinajstić information content (AvgIpc) is 2.24. The Morgan fingerprint density at radius 2 is 2.18 bits per heavy atom. The number of nitrogens with zero attached hydrogens (tertiary/aromatic N) is 3. The number of rotatable bonds is 5. The Morgan fingerprint density at radius 3 is 2.76 bits per heavy atom. The van der Waals surface area contributed by atoms with Crippen molar-refractivity contribution in [2.75, 3.05) is 11.9 Å². The number of aromatic nitrogens is 2. The maximum atomic E-state index is 4.65. The zero-order valence-electron chi connectivity index (χ0n) is 11.0. The van der Waals surface area contributed by atoms with E-state index in [2.05, 4.69) is 41.1 Å². The summed E-state index contributed by atoms with van der Waals surface area (Å²) < 4.78 is 0. The van der Waals surface area contributed by atoms with E-state index in [4.69, 9.17) is 0 Å². The zero-order chi connectivity index (χ0) is 12.3. The largest absolute Gasteiger partial charge is 0.355 e. The molecule has 4 heteroatoms. The third kappa shape index (κ3) is 3.16. The van der Waals surface area contributed by atoms with Gasteiger partial charge in [-0.15, -0.1) is 0 Å². The van der Waals surface area contributed by atoms with Gasteiger partial charge >= 0.3 is 0 Å². The van der Waals surface area contributed by atoms with Gasteiger partial charge in [-0.1, -0.05) is 13.8 Å². The topological polar surface area (TPSA) is 41.1 Å². The van der Waals surface area contributed by atoms with Crippen LogP contribution in [0, 0.1) is 0 Å². The van der Waals surface area contributed by atoms with Crippen molar-refractivity contribution in [1.82, 2.24) is 15.3 Å². The van der Waals surface area contributed by atoms with Crippen LogP contribution in [-0.2, 0) is 6.54 Å². The highest BCUT2D eigenvalue weighted by atomic mass is 15.2. The molecule has 1 fully saturated rings. The molecular formula is C13H22N4. The van der Waals surface area contributed by atoms with E-state index < -0.39 is 0 Å². The first-order chi connectivity index (χ1) is 8.16. The van der Waals surface area contributed by atoms with E-state index in [-0.39, 0.29) is 0 Å². The molecule has 0 spiro atoms. The van der Waals surface area contributed by atoms with E-state index in [1.54, 1.807) is 0 Å². The highest BCUT2D eigenvalue weighted by Gasteiger charge is 2.23. The molecule has 1 aliphatic carbocycles. The van der Waals surface area contributed by atoms with Crippen LogP contribution >= 0.6 is 0 Å². The SMILES string of the molecule is CC(C)NCc1cncc(N(C)C2CCC2)n1. The van der Waals surface area contributed by atoms with Crippen LogP contribution in [0.1, 0.15) is 38.8 Å². The Kier molecular flexibility index (Phi) is 3.94. The van der Waals surface area contributed by atoms with E-state index >= 15 is 0 Å². The fourth-order valence-electron chi connectivity index (χ4n) is 1.92. The van der Waals surface area contributed by atoms with Crippen LogP contribution in [0.5, 0.6) is 0 Å². The monoisotopic (exact) mass is 234 g/mol. The molecule has 2 rings (SSSR count). The van der Waals surface area contributed by atoms with Gasteiger partial charge in [-0.05, 0) is 19.3 Å². The van der Waals surface area contributed by atoms with Gasteiger partial charge in [0.25, 0.3) is 0 Å². The fraction of sp³-hybridized carbons (Fsp3) is 0.692. The first-order valence-electron chi connectivity index (χ1n) is 6.44. The molecule has 0 amide bonds. The van der Waals surface area contributed by atoms with Gasteiger partial charge in [0.1, 0.15) is 5.82 Å². The van der Waals surface area contributed by atoms with Crippen molar-refractivity contribution in [3.8, 4) is 0 Å². The number of hydrogen-bond donors (Lipinski definition) is 1. The van der Waals surface area contributed by atoms with Crippen molar-refractivity contribution in [2.24, 2.45) is 0 Å². The molecule has 94 valence electrons. The van der Waals surface area contributed by atoms with Crippen LogP contribution in [0.2, 0.25) is 0 Å². The lowest BCUT2D eigenvalue weighted by Crippen LogP contribution is -2.37. The predicted octanol–water partition coefficient (Wildman–Crippen LogP) is 1.96. The quantitative estimate of drug-likeness (QED) is 0.845. The molecule has 1 aromatic rings. The smallest absolute Gasteiger partial charge is 0.147 e. The maximum absolute atomic E-state index is 4.65. The second kappa shape index (κ2) is 5.45. The van der Waals surface area contributed by atoms with Crippen LogP contribution in [0.25, 0.3) is 0 Å². The van der Waals surface area contributed by atoms with E-state index in [0.29, 0.717) is 12.1 Å². The van der Waals surface area contributed by atoms with Gasteiger partial charge in [0.15, 0.2) is 0 Å². The van der Waals surface area contributed by atoms with Gasteiger partial charge < -0.3 is 10.2 Å². The van der Waals surface area contributed by atoms with Crippen molar-refractivity contribution >= 4 is 5.82 Å². The molecule has 0 radical (unpaired) electrons. The third-order valence-electron chi connectivity index (χ3n) is 3.35. The molecule has 1 N–H and O–H groups in total. The number of anilines is 1. The van der Waals surface area contributed by atoms with Crippen LogP contribution in [0.4, 0.5) is 5.82 Å². The van der Waals surface area contributed by atoms with Crippen LogP contribution in [-0.4, -0.2) is 29.1 Å². The third-order valence-corrected chi connectivity index (χ3v) is 3.35. The zero-order valence-corrected chi connectivity index (χ0v) is 11.0. The molecule has 0 bridgehead atoms. The predicted molar refractivity (Wildman–Crippen MR) is 70.0 cm³/mol. The molecule has 17 heavy (non-hydrogen) atoms. The van der Waals surface area contributed by atoms with Crippen molar-refractivity contribution in [3.05, 3.63) is 18.1 Å². The average molecular weight is 234 g/mol. The second-order valence-electron chi connectivity index (χ2n) is 5.10. The Balaban J connectivity index is 2.00. The minimum absolute atomic E-state index is 0.477. The van der Waals surface area contributed by atoms with E-state index in [0.717, 1.165) is 18.1 Å². The van der Waals surface area contributed by atoms with Crippen molar-refractivity contribution in [1.29, 1.82) is 0 Å². The summed E-state index contributed by atoms with van der Waals surface area (Å²) in [6, 6.07) is 1.14. The van der Waals surface area contributed by atoms with Crippen LogP contribution < -0.4 is 10.2 Å². The van der Waals surface area contributed by atoms with Gasteiger partial charge in [0, 0.05) is 31.9 Å². The van der Waals surface area contributed by atoms with Crippen molar-refractivity contribution in [2.45, 2.75) is 51.7 Å². The van der Waals surface area contributed by atoms with Gasteiger partial charge in [-0.2, -0.15) is 0 Å². The first-order valence-corrected chi connectivity index (χ1v) is 6.44. The highest BCUT2D eigenvalue weighted by Crippen LogP contribution is 2.26. The fourth-order valence-corrected chi connectivity index (χ4v) is 1.92. The Hall–Kier alpha value is -1.16. The first kappa shape index (κ1) is 12.3. The van der Waals surface area contributed by atoms with Gasteiger partial charge in [-0.3, -0.25) is 4.98 Å². The number of nitrogens with one attached hydrogen (secondary N) is 1. The minimum Gasteiger partial charge on any atom is -0.355 e. The molecule has 0 unspecified atom stereocenters. The number of hydrogen-bond acceptors (Lipinski definition) is 4. The lowest BCUT2D eigenvalue weighted by atomic mass is 9.92. The minimum atomic E-state index is 0.477. The molecule has 0 aliphatic heterocycles. The summed E-state index contributed by atoms with van der Waals surface area (Å²) in [6.45, 7) is 5.06. The summed E-state index contributed by atoms with van der Waals surface area (Å²) in [5, 5.41) is 3.36. The van der Waals surface area contributed by atoms with Crippen LogP contribution in [0.3, 0.4) is 0 Å². The van der Waals surface area contributed by atoms with E-state index in [9.17, 15) is 0 Å². The second-order valence-corrected chi connectivity index (χ2v) is 5.10. The summed E-state index contributed by atoms with van der Waals surface area (Å²) in [6.07, 6.45) is 7.61. The van der Waals surface area contributed by atoms with Gasteiger partial charge in [0.05, 0.1) is 11.9 Å². The maximum Gasteiger partial charge on any atom is 0.147 e. The van der Waals surface area contributed by atoms with Gasteiger partial charge in [-0.25, -0.2) is 4.98 Å². The van der Waals surface area contributed by atoms with Crippen molar-refractivity contribution in [3.63, 3.8) is 0 Å². The Labute approximate surface area is 103 Å². The van der Waals surface area contributed by atoms with E-state index in [1.807, 2.05) is 12.4 Å². The lowest BCUT2D eigenvalue weighted by Gasteiger charge is -2.35. The molecule has 0 aromatic carbocycles. The normalized spacial score (nSPS) is 16.0. The molecular weight excluding hydrogens is 212 g/mol. The summed E-state index contributed by atoms with van der Waals surface area (Å²) in [5.74, 6) is 0.998. The summed E-state index contributed by atoms with van der Waals surface area (Å²) in [4.78, 5) is 11.2. The molecule has 1 aliphatic rings. The van der Waals surface area contributed by atoms with Gasteiger partial charge in [0.2, 0.25) is 0 Å². The van der Waals surface area contributed by atoms with E-state index in [1.165, 1.54) is 19.3 Å². The molecule has 1 saturated carbocycles. The molecule has 0 atom stereocenters. The standard InChI is InChI=1S/C13H22N4/c1-10(2)15-8-11-7-14-9-13(16-11)17(3)12-5-4-6-12/h7,9-10,12,15H,4-6,8H2,1-3H3. The Bertz CT molecular complexity index is 360. The molecule has 0 saturated heterocycles. The molecule has 1 aromatic heterocycles. The molecule has 1 heterocycles. The Morgan fingerprint density at radius 1 is 1.41 bits per heavy atom.